The number of ether oxygens (including phenoxy) is 1. The molecule has 2 N–H and O–H groups in total. The van der Waals surface area contributed by atoms with Crippen molar-refractivity contribution in [2.75, 3.05) is 11.9 Å². The van der Waals surface area contributed by atoms with Crippen molar-refractivity contribution in [3.63, 3.8) is 0 Å². The molecule has 0 radical (unpaired) electrons. The standard InChI is InChI=1S/C15H16N4O3/c1-8-4-10(6-20)22-14(8)11-5-9-2-3-12(21)18-15-13(9)19(11)17-7-16-15/h2-3,5,7-8,10,14,20H,4,6H2,1H3,(H,16,17,18,21)/t8-,10?,14+/m0/s1. The van der Waals surface area contributed by atoms with Gasteiger partial charge in [-0.05, 0) is 24.5 Å². The third-order valence-corrected chi connectivity index (χ3v) is 4.25. The molecule has 2 aliphatic rings. The number of hydrogen-bond donors (Lipinski definition) is 2. The summed E-state index contributed by atoms with van der Waals surface area (Å²) in [4.78, 5) is 15.8. The van der Waals surface area contributed by atoms with Crippen LogP contribution in [0.25, 0.3) is 11.6 Å². The van der Waals surface area contributed by atoms with Crippen LogP contribution in [-0.4, -0.2) is 38.3 Å². The second kappa shape index (κ2) is 4.89. The highest BCUT2D eigenvalue weighted by Crippen LogP contribution is 2.40. The Morgan fingerprint density at radius 2 is 2.36 bits per heavy atom. The molecule has 0 saturated carbocycles. The Balaban J connectivity index is 1.87. The number of nitrogens with zero attached hydrogens (tertiary/aromatic N) is 3. The number of anilines is 1. The number of aromatic nitrogens is 3. The minimum Gasteiger partial charge on any atom is -0.394 e. The minimum absolute atomic E-state index is 0.0210. The third-order valence-electron chi connectivity index (χ3n) is 4.25. The van der Waals surface area contributed by atoms with Crippen molar-refractivity contribution in [1.29, 1.82) is 0 Å². The van der Waals surface area contributed by atoms with Gasteiger partial charge in [0.25, 0.3) is 0 Å². The average Bonchev–Trinajstić information content (AvgIpc) is 3.01. The van der Waals surface area contributed by atoms with E-state index in [1.54, 1.807) is 10.6 Å². The van der Waals surface area contributed by atoms with Crippen LogP contribution in [0.1, 0.15) is 30.7 Å². The van der Waals surface area contributed by atoms with Crippen LogP contribution in [-0.2, 0) is 9.53 Å². The number of hydrogen-bond acceptors (Lipinski definition) is 5. The summed E-state index contributed by atoms with van der Waals surface area (Å²) in [6.45, 7) is 2.12. The fraction of sp³-hybridized carbons (Fsp3) is 0.400. The summed E-state index contributed by atoms with van der Waals surface area (Å²) in [6, 6.07) is 1.98. The van der Waals surface area contributed by atoms with Crippen molar-refractivity contribution >= 4 is 23.3 Å². The lowest BCUT2D eigenvalue weighted by atomic mass is 9.99. The average molecular weight is 300 g/mol. The Labute approximate surface area is 126 Å². The van der Waals surface area contributed by atoms with E-state index < -0.39 is 0 Å². The van der Waals surface area contributed by atoms with Crippen LogP contribution in [0.5, 0.6) is 0 Å². The normalized spacial score (nSPS) is 27.2. The van der Waals surface area contributed by atoms with Crippen LogP contribution >= 0.6 is 0 Å². The Hall–Kier alpha value is -2.25. The molecule has 1 saturated heterocycles. The Morgan fingerprint density at radius 1 is 1.50 bits per heavy atom. The maximum Gasteiger partial charge on any atom is 0.249 e. The van der Waals surface area contributed by atoms with Crippen molar-refractivity contribution in [2.24, 2.45) is 5.92 Å². The zero-order valence-corrected chi connectivity index (χ0v) is 12.1. The highest BCUT2D eigenvalue weighted by Gasteiger charge is 2.35. The molecule has 0 aromatic carbocycles. The number of carbonyl (C=O) groups excluding carboxylic acids is 1. The monoisotopic (exact) mass is 300 g/mol. The van der Waals surface area contributed by atoms with E-state index in [-0.39, 0.29) is 30.6 Å². The molecule has 2 aliphatic heterocycles. The maximum atomic E-state index is 11.6. The van der Waals surface area contributed by atoms with E-state index in [1.165, 1.54) is 12.4 Å². The van der Waals surface area contributed by atoms with E-state index in [0.717, 1.165) is 23.2 Å². The number of amides is 1. The van der Waals surface area contributed by atoms with E-state index in [9.17, 15) is 9.90 Å². The first-order valence-corrected chi connectivity index (χ1v) is 7.29. The highest BCUT2D eigenvalue weighted by atomic mass is 16.5. The van der Waals surface area contributed by atoms with Crippen LogP contribution in [0, 0.1) is 5.92 Å². The molecule has 1 amide bonds. The van der Waals surface area contributed by atoms with E-state index in [0.29, 0.717) is 5.82 Å². The van der Waals surface area contributed by atoms with Gasteiger partial charge in [0.15, 0.2) is 5.82 Å². The van der Waals surface area contributed by atoms with Gasteiger partial charge in [-0.15, -0.1) is 0 Å². The highest BCUT2D eigenvalue weighted by molar-refractivity contribution is 6.07. The summed E-state index contributed by atoms with van der Waals surface area (Å²) in [6.07, 6.45) is 5.20. The molecule has 22 heavy (non-hydrogen) atoms. The molecular formula is C15H16N4O3. The summed E-state index contributed by atoms with van der Waals surface area (Å²) < 4.78 is 7.72. The summed E-state index contributed by atoms with van der Waals surface area (Å²) in [7, 11) is 0. The molecule has 2 aromatic heterocycles. The lowest BCUT2D eigenvalue weighted by Crippen LogP contribution is -2.14. The molecule has 2 aromatic rings. The predicted octanol–water partition coefficient (Wildman–Crippen LogP) is 1.15. The predicted molar refractivity (Wildman–Crippen MR) is 79.1 cm³/mol. The molecule has 114 valence electrons. The number of nitrogens with one attached hydrogen (secondary N) is 1. The molecule has 4 rings (SSSR count). The fourth-order valence-electron chi connectivity index (χ4n) is 3.26. The summed E-state index contributed by atoms with van der Waals surface area (Å²) in [5.74, 6) is 0.572. The maximum absolute atomic E-state index is 11.6. The summed E-state index contributed by atoms with van der Waals surface area (Å²) in [5.41, 5.74) is 2.56. The minimum atomic E-state index is -0.204. The molecule has 1 fully saturated rings. The van der Waals surface area contributed by atoms with Crippen molar-refractivity contribution in [1.82, 2.24) is 14.6 Å². The zero-order chi connectivity index (χ0) is 15.3. The smallest absolute Gasteiger partial charge is 0.249 e. The van der Waals surface area contributed by atoms with Crippen molar-refractivity contribution in [2.45, 2.75) is 25.6 Å². The SMILES string of the molecule is C[C@H]1CC(CO)O[C@H]1c1cc2c3c(ncnn13)NC(=O)C=C2. The van der Waals surface area contributed by atoms with Gasteiger partial charge in [0.2, 0.25) is 5.91 Å². The molecule has 3 atom stereocenters. The Morgan fingerprint density at radius 3 is 3.14 bits per heavy atom. The fourth-order valence-corrected chi connectivity index (χ4v) is 3.26. The van der Waals surface area contributed by atoms with Gasteiger partial charge in [0.1, 0.15) is 17.9 Å². The van der Waals surface area contributed by atoms with Crippen LogP contribution in [0.3, 0.4) is 0 Å². The zero-order valence-electron chi connectivity index (χ0n) is 12.1. The Kier molecular flexibility index (Phi) is 2.98. The van der Waals surface area contributed by atoms with E-state index in [2.05, 4.69) is 22.3 Å². The van der Waals surface area contributed by atoms with Gasteiger partial charge in [0, 0.05) is 11.6 Å². The quantitative estimate of drug-likeness (QED) is 0.868. The van der Waals surface area contributed by atoms with Crippen molar-refractivity contribution < 1.29 is 14.6 Å². The number of aliphatic hydroxyl groups excluding tert-OH is 1. The van der Waals surface area contributed by atoms with Crippen molar-refractivity contribution in [3.8, 4) is 0 Å². The van der Waals surface area contributed by atoms with Gasteiger partial charge in [-0.25, -0.2) is 9.50 Å². The first kappa shape index (κ1) is 13.4. The first-order chi connectivity index (χ1) is 10.7. The lowest BCUT2D eigenvalue weighted by Gasteiger charge is -2.15. The van der Waals surface area contributed by atoms with E-state index >= 15 is 0 Å². The van der Waals surface area contributed by atoms with Crippen LogP contribution in [0.2, 0.25) is 0 Å². The van der Waals surface area contributed by atoms with Gasteiger partial charge >= 0.3 is 0 Å². The molecular weight excluding hydrogens is 284 g/mol. The first-order valence-electron chi connectivity index (χ1n) is 7.29. The van der Waals surface area contributed by atoms with Crippen LogP contribution < -0.4 is 5.32 Å². The molecule has 0 bridgehead atoms. The Bertz CT molecular complexity index is 782. The molecule has 1 unspecified atom stereocenters. The number of aliphatic hydroxyl groups is 1. The van der Waals surface area contributed by atoms with Gasteiger partial charge in [-0.3, -0.25) is 4.79 Å². The molecule has 4 heterocycles. The second-order valence-electron chi connectivity index (χ2n) is 5.79. The molecule has 0 aliphatic carbocycles. The second-order valence-corrected chi connectivity index (χ2v) is 5.79. The van der Waals surface area contributed by atoms with Gasteiger partial charge in [-0.2, -0.15) is 5.10 Å². The van der Waals surface area contributed by atoms with Gasteiger partial charge in [0.05, 0.1) is 18.4 Å². The number of rotatable bonds is 2. The van der Waals surface area contributed by atoms with Gasteiger partial charge < -0.3 is 15.2 Å². The summed E-state index contributed by atoms with van der Waals surface area (Å²) in [5, 5.41) is 16.4. The molecule has 7 nitrogen and oxygen atoms in total. The van der Waals surface area contributed by atoms with Gasteiger partial charge in [-0.1, -0.05) is 6.92 Å². The van der Waals surface area contributed by atoms with Crippen molar-refractivity contribution in [3.05, 3.63) is 29.7 Å². The molecule has 0 spiro atoms. The van der Waals surface area contributed by atoms with Crippen LogP contribution in [0.15, 0.2) is 18.5 Å². The van der Waals surface area contributed by atoms with E-state index in [1.807, 2.05) is 6.07 Å². The topological polar surface area (TPSA) is 88.8 Å². The molecule has 7 heteroatoms. The van der Waals surface area contributed by atoms with E-state index in [4.69, 9.17) is 4.74 Å². The summed E-state index contributed by atoms with van der Waals surface area (Å²) >= 11 is 0. The van der Waals surface area contributed by atoms with Crippen LogP contribution in [0.4, 0.5) is 5.82 Å². The largest absolute Gasteiger partial charge is 0.394 e. The third kappa shape index (κ3) is 1.93. The lowest BCUT2D eigenvalue weighted by molar-refractivity contribution is -0.111. The number of carbonyl (C=O) groups is 1.